The minimum Gasteiger partial charge on any atom is -0.383 e. The van der Waals surface area contributed by atoms with Gasteiger partial charge in [0.15, 0.2) is 0 Å². The predicted molar refractivity (Wildman–Crippen MR) is 91.2 cm³/mol. The average molecular weight is 334 g/mol. The number of amides is 2. The van der Waals surface area contributed by atoms with Crippen molar-refractivity contribution in [2.24, 2.45) is 5.73 Å². The molecule has 1 atom stereocenters. The maximum absolute atomic E-state index is 12.1. The second-order valence-corrected chi connectivity index (χ2v) is 5.93. The molecule has 0 aromatic heterocycles. The quantitative estimate of drug-likeness (QED) is 0.697. The lowest BCUT2D eigenvalue weighted by Crippen LogP contribution is -2.55. The highest BCUT2D eigenvalue weighted by Gasteiger charge is 2.25. The van der Waals surface area contributed by atoms with E-state index in [1.165, 1.54) is 7.11 Å². The maximum Gasteiger partial charge on any atom is 0.241 e. The lowest BCUT2D eigenvalue weighted by molar-refractivity contribution is -0.135. The Hall–Kier alpha value is -1.96. The Bertz CT molecular complexity index is 530. The van der Waals surface area contributed by atoms with Crippen LogP contribution in [-0.2, 0) is 20.9 Å². The number of methoxy groups -OCH3 is 1. The van der Waals surface area contributed by atoms with Gasteiger partial charge in [-0.15, -0.1) is 0 Å². The zero-order valence-corrected chi connectivity index (χ0v) is 14.1. The van der Waals surface area contributed by atoms with Crippen molar-refractivity contribution in [2.75, 3.05) is 46.4 Å². The van der Waals surface area contributed by atoms with E-state index in [0.717, 1.165) is 5.56 Å². The molecule has 7 heteroatoms. The summed E-state index contributed by atoms with van der Waals surface area (Å²) in [5.41, 5.74) is 6.85. The first-order valence-corrected chi connectivity index (χ1v) is 8.16. The van der Waals surface area contributed by atoms with Crippen LogP contribution in [-0.4, -0.2) is 74.1 Å². The van der Waals surface area contributed by atoms with Crippen molar-refractivity contribution in [1.82, 2.24) is 15.1 Å². The summed E-state index contributed by atoms with van der Waals surface area (Å²) in [6, 6.07) is 9.19. The molecule has 0 spiro atoms. The highest BCUT2D eigenvalue weighted by Crippen LogP contribution is 2.04. The Morgan fingerprint density at radius 2 is 1.88 bits per heavy atom. The van der Waals surface area contributed by atoms with E-state index < -0.39 is 6.04 Å². The third kappa shape index (κ3) is 5.59. The van der Waals surface area contributed by atoms with Crippen molar-refractivity contribution >= 4 is 11.8 Å². The highest BCUT2D eigenvalue weighted by molar-refractivity contribution is 5.82. The van der Waals surface area contributed by atoms with Crippen LogP contribution in [0.4, 0.5) is 0 Å². The average Bonchev–Trinajstić information content (AvgIpc) is 2.61. The molecular formula is C17H26N4O3. The van der Waals surface area contributed by atoms with Crippen molar-refractivity contribution in [3.63, 3.8) is 0 Å². The number of nitrogens with two attached hydrogens (primary N) is 1. The van der Waals surface area contributed by atoms with Crippen LogP contribution >= 0.6 is 0 Å². The zero-order valence-electron chi connectivity index (χ0n) is 14.1. The molecule has 0 radical (unpaired) electrons. The Morgan fingerprint density at radius 1 is 1.21 bits per heavy atom. The summed E-state index contributed by atoms with van der Waals surface area (Å²) in [5, 5.41) is 2.92. The van der Waals surface area contributed by atoms with Gasteiger partial charge in [0.05, 0.1) is 13.2 Å². The van der Waals surface area contributed by atoms with E-state index in [9.17, 15) is 9.59 Å². The van der Waals surface area contributed by atoms with Crippen LogP contribution in [0.25, 0.3) is 0 Å². The summed E-state index contributed by atoms with van der Waals surface area (Å²) in [6.07, 6.45) is 0. The van der Waals surface area contributed by atoms with Crippen LogP contribution in [0.1, 0.15) is 5.56 Å². The molecule has 1 aromatic carbocycles. The van der Waals surface area contributed by atoms with E-state index in [4.69, 9.17) is 10.5 Å². The summed E-state index contributed by atoms with van der Waals surface area (Å²) < 4.78 is 4.92. The van der Waals surface area contributed by atoms with Crippen LogP contribution in [0, 0.1) is 0 Å². The number of nitrogens with one attached hydrogen (secondary N) is 1. The first-order valence-electron chi connectivity index (χ1n) is 8.16. The van der Waals surface area contributed by atoms with Gasteiger partial charge in [0.1, 0.15) is 6.04 Å². The number of carbonyl (C=O) groups excluding carboxylic acids is 2. The van der Waals surface area contributed by atoms with Gasteiger partial charge in [-0.05, 0) is 5.56 Å². The largest absolute Gasteiger partial charge is 0.383 e. The standard InChI is InChI=1S/C17H26N4O3/c1-24-13-15(18)17(23)21-9-7-20(8-10-21)12-16(22)19-11-14-5-3-2-4-6-14/h2-6,15H,7-13,18H2,1H3,(H,19,22). The van der Waals surface area contributed by atoms with Gasteiger partial charge in [-0.2, -0.15) is 0 Å². The Labute approximate surface area is 142 Å². The molecule has 132 valence electrons. The zero-order chi connectivity index (χ0) is 17.4. The Morgan fingerprint density at radius 3 is 2.50 bits per heavy atom. The number of hydrogen-bond acceptors (Lipinski definition) is 5. The summed E-state index contributed by atoms with van der Waals surface area (Å²) in [7, 11) is 1.53. The molecule has 2 amide bonds. The van der Waals surface area contributed by atoms with Gasteiger partial charge >= 0.3 is 0 Å². The van der Waals surface area contributed by atoms with Crippen LogP contribution in [0.15, 0.2) is 30.3 Å². The van der Waals surface area contributed by atoms with Gasteiger partial charge < -0.3 is 20.7 Å². The van der Waals surface area contributed by atoms with Crippen molar-refractivity contribution in [1.29, 1.82) is 0 Å². The fraction of sp³-hybridized carbons (Fsp3) is 0.529. The third-order valence-electron chi connectivity index (χ3n) is 4.05. The second-order valence-electron chi connectivity index (χ2n) is 5.93. The van der Waals surface area contributed by atoms with Gasteiger partial charge in [0.2, 0.25) is 11.8 Å². The molecule has 1 fully saturated rings. The van der Waals surface area contributed by atoms with Gasteiger partial charge in [-0.25, -0.2) is 0 Å². The molecular weight excluding hydrogens is 308 g/mol. The molecule has 0 saturated carbocycles. The van der Waals surface area contributed by atoms with Crippen LogP contribution in [0.3, 0.4) is 0 Å². The van der Waals surface area contributed by atoms with Gasteiger partial charge in [-0.1, -0.05) is 30.3 Å². The molecule has 0 bridgehead atoms. The second kappa shape index (κ2) is 9.36. The lowest BCUT2D eigenvalue weighted by Gasteiger charge is -2.35. The number of piperazine rings is 1. The van der Waals surface area contributed by atoms with Crippen LogP contribution < -0.4 is 11.1 Å². The summed E-state index contributed by atoms with van der Waals surface area (Å²) in [4.78, 5) is 27.9. The third-order valence-corrected chi connectivity index (χ3v) is 4.05. The van der Waals surface area contributed by atoms with E-state index in [1.807, 2.05) is 35.2 Å². The van der Waals surface area contributed by atoms with E-state index >= 15 is 0 Å². The van der Waals surface area contributed by atoms with Crippen molar-refractivity contribution in [2.45, 2.75) is 12.6 Å². The molecule has 3 N–H and O–H groups in total. The topological polar surface area (TPSA) is 87.9 Å². The predicted octanol–water partition coefficient (Wildman–Crippen LogP) is -0.579. The fourth-order valence-corrected chi connectivity index (χ4v) is 2.67. The summed E-state index contributed by atoms with van der Waals surface area (Å²) in [6.45, 7) is 3.61. The van der Waals surface area contributed by atoms with Crippen molar-refractivity contribution in [3.8, 4) is 0 Å². The normalized spacial score (nSPS) is 16.7. The number of ether oxygens (including phenoxy) is 1. The molecule has 1 heterocycles. The van der Waals surface area contributed by atoms with Crippen molar-refractivity contribution < 1.29 is 14.3 Å². The lowest BCUT2D eigenvalue weighted by atomic mass is 10.2. The highest BCUT2D eigenvalue weighted by atomic mass is 16.5. The molecule has 7 nitrogen and oxygen atoms in total. The Balaban J connectivity index is 1.69. The number of nitrogens with zero attached hydrogens (tertiary/aromatic N) is 2. The number of carbonyl (C=O) groups is 2. The van der Waals surface area contributed by atoms with Gasteiger partial charge in [0.25, 0.3) is 0 Å². The van der Waals surface area contributed by atoms with E-state index in [0.29, 0.717) is 39.3 Å². The monoisotopic (exact) mass is 334 g/mol. The van der Waals surface area contributed by atoms with Crippen LogP contribution in [0.2, 0.25) is 0 Å². The minimum absolute atomic E-state index is 0.00489. The Kier molecular flexibility index (Phi) is 7.17. The fourth-order valence-electron chi connectivity index (χ4n) is 2.67. The number of benzene rings is 1. The molecule has 1 aliphatic rings. The maximum atomic E-state index is 12.1. The number of rotatable bonds is 7. The van der Waals surface area contributed by atoms with E-state index in [-0.39, 0.29) is 18.4 Å². The first-order chi connectivity index (χ1) is 11.6. The van der Waals surface area contributed by atoms with E-state index in [2.05, 4.69) is 5.32 Å². The van der Waals surface area contributed by atoms with Crippen LogP contribution in [0.5, 0.6) is 0 Å². The molecule has 1 saturated heterocycles. The first kappa shape index (κ1) is 18.4. The van der Waals surface area contributed by atoms with E-state index in [1.54, 1.807) is 4.90 Å². The molecule has 1 unspecified atom stereocenters. The smallest absolute Gasteiger partial charge is 0.241 e. The SMILES string of the molecule is COCC(N)C(=O)N1CCN(CC(=O)NCc2ccccc2)CC1. The molecule has 24 heavy (non-hydrogen) atoms. The van der Waals surface area contributed by atoms with Gasteiger partial charge in [-0.3, -0.25) is 14.5 Å². The van der Waals surface area contributed by atoms with Crippen molar-refractivity contribution in [3.05, 3.63) is 35.9 Å². The minimum atomic E-state index is -0.615. The summed E-state index contributed by atoms with van der Waals surface area (Å²) in [5.74, 6) is -0.0975. The van der Waals surface area contributed by atoms with Gasteiger partial charge in [0, 0.05) is 39.8 Å². The molecule has 0 aliphatic carbocycles. The summed E-state index contributed by atoms with van der Waals surface area (Å²) >= 11 is 0. The number of hydrogen-bond donors (Lipinski definition) is 2. The molecule has 1 aromatic rings. The molecule has 2 rings (SSSR count). The molecule has 1 aliphatic heterocycles.